The Kier molecular flexibility index (Phi) is 5.60. The standard InChI is InChI=1S/C20H22N2O5S/c1-2-6-16(20(25)15-7-4-3-5-8-15)11-14-9-10-17(18(23)12-14)22-13-19(24)21-28(22,26)27/h3-5,7-10,12-13,16,21,23-24H,2,6,11H2,1H3. The zero-order valence-corrected chi connectivity index (χ0v) is 16.2. The molecule has 1 aliphatic heterocycles. The van der Waals surface area contributed by atoms with Gasteiger partial charge in [-0.3, -0.25) is 4.79 Å². The van der Waals surface area contributed by atoms with Gasteiger partial charge in [0.2, 0.25) is 5.88 Å². The lowest BCUT2D eigenvalue weighted by atomic mass is 9.88. The number of carbonyl (C=O) groups is 1. The van der Waals surface area contributed by atoms with Gasteiger partial charge < -0.3 is 10.2 Å². The van der Waals surface area contributed by atoms with Crippen LogP contribution in [0.1, 0.15) is 35.7 Å². The lowest BCUT2D eigenvalue weighted by Gasteiger charge is -2.18. The topological polar surface area (TPSA) is 107 Å². The van der Waals surface area contributed by atoms with Crippen LogP contribution in [0.25, 0.3) is 0 Å². The molecular weight excluding hydrogens is 380 g/mol. The molecule has 7 nitrogen and oxygen atoms in total. The molecular formula is C20H22N2O5S. The van der Waals surface area contributed by atoms with E-state index in [0.717, 1.165) is 22.5 Å². The maximum absolute atomic E-state index is 12.8. The Morgan fingerprint density at radius 3 is 2.43 bits per heavy atom. The molecule has 0 radical (unpaired) electrons. The van der Waals surface area contributed by atoms with Gasteiger partial charge in [0.15, 0.2) is 5.78 Å². The predicted molar refractivity (Wildman–Crippen MR) is 106 cm³/mol. The van der Waals surface area contributed by atoms with Gasteiger partial charge in [0.25, 0.3) is 0 Å². The van der Waals surface area contributed by atoms with Gasteiger partial charge in [-0.2, -0.15) is 8.42 Å². The highest BCUT2D eigenvalue weighted by molar-refractivity contribution is 7.91. The molecule has 2 aromatic carbocycles. The number of aliphatic hydroxyl groups excluding tert-OH is 1. The third-order valence-electron chi connectivity index (χ3n) is 4.56. The fourth-order valence-electron chi connectivity index (χ4n) is 3.27. The first-order valence-electron chi connectivity index (χ1n) is 8.96. The minimum Gasteiger partial charge on any atom is -0.506 e. The van der Waals surface area contributed by atoms with Crippen molar-refractivity contribution in [3.8, 4) is 5.75 Å². The second kappa shape index (κ2) is 7.93. The number of nitrogens with one attached hydrogen (secondary N) is 1. The maximum atomic E-state index is 12.8. The van der Waals surface area contributed by atoms with Crippen LogP contribution in [0.5, 0.6) is 5.75 Å². The van der Waals surface area contributed by atoms with Gasteiger partial charge in [0.05, 0.1) is 6.20 Å². The number of aromatic hydroxyl groups is 1. The van der Waals surface area contributed by atoms with Crippen molar-refractivity contribution in [3.63, 3.8) is 0 Å². The van der Waals surface area contributed by atoms with Crippen LogP contribution in [-0.2, 0) is 16.6 Å². The average molecular weight is 402 g/mol. The van der Waals surface area contributed by atoms with Crippen molar-refractivity contribution >= 4 is 21.7 Å². The van der Waals surface area contributed by atoms with Crippen LogP contribution < -0.4 is 9.03 Å². The van der Waals surface area contributed by atoms with Crippen LogP contribution in [0.2, 0.25) is 0 Å². The summed E-state index contributed by atoms with van der Waals surface area (Å²) < 4.78 is 26.6. The molecule has 1 heterocycles. The normalized spacial score (nSPS) is 16.3. The fraction of sp³-hybridized carbons (Fsp3) is 0.250. The van der Waals surface area contributed by atoms with Crippen LogP contribution in [0.15, 0.2) is 60.6 Å². The molecule has 1 atom stereocenters. The number of aliphatic hydroxyl groups is 1. The number of anilines is 1. The molecule has 0 saturated heterocycles. The number of nitrogens with zero attached hydrogens (tertiary/aromatic N) is 1. The fourth-order valence-corrected chi connectivity index (χ4v) is 4.33. The van der Waals surface area contributed by atoms with Crippen molar-refractivity contribution in [2.45, 2.75) is 26.2 Å². The van der Waals surface area contributed by atoms with Gasteiger partial charge in [-0.1, -0.05) is 49.7 Å². The van der Waals surface area contributed by atoms with Crippen molar-refractivity contribution in [3.05, 3.63) is 71.7 Å². The lowest BCUT2D eigenvalue weighted by molar-refractivity contribution is 0.0911. The van der Waals surface area contributed by atoms with E-state index in [1.807, 2.05) is 29.8 Å². The number of hydrogen-bond acceptors (Lipinski definition) is 5. The molecule has 1 unspecified atom stereocenters. The molecule has 3 rings (SSSR count). The Hall–Kier alpha value is -3.00. The number of ketones is 1. The molecule has 0 saturated carbocycles. The van der Waals surface area contributed by atoms with Gasteiger partial charge in [-0.05, 0) is 30.5 Å². The molecule has 28 heavy (non-hydrogen) atoms. The Bertz CT molecular complexity index is 1000. The van der Waals surface area contributed by atoms with E-state index in [-0.39, 0.29) is 23.1 Å². The summed E-state index contributed by atoms with van der Waals surface area (Å²) in [6.45, 7) is 2.01. The van der Waals surface area contributed by atoms with E-state index < -0.39 is 16.1 Å². The number of benzene rings is 2. The minimum atomic E-state index is -3.98. The Morgan fingerprint density at radius 2 is 1.86 bits per heavy atom. The minimum absolute atomic E-state index is 0.0155. The highest BCUT2D eigenvalue weighted by atomic mass is 32.2. The quantitative estimate of drug-likeness (QED) is 0.617. The summed E-state index contributed by atoms with van der Waals surface area (Å²) in [5, 5.41) is 19.7. The Morgan fingerprint density at radius 1 is 1.14 bits per heavy atom. The van der Waals surface area contributed by atoms with Crippen molar-refractivity contribution < 1.29 is 23.4 Å². The molecule has 0 spiro atoms. The number of rotatable bonds is 7. The Labute approximate surface area is 164 Å². The highest BCUT2D eigenvalue weighted by Gasteiger charge is 2.30. The average Bonchev–Trinajstić information content (AvgIpc) is 2.93. The van der Waals surface area contributed by atoms with Crippen LogP contribution >= 0.6 is 0 Å². The summed E-state index contributed by atoms with van der Waals surface area (Å²) in [6.07, 6.45) is 2.96. The molecule has 3 N–H and O–H groups in total. The number of hydrogen-bond donors (Lipinski definition) is 3. The van der Waals surface area contributed by atoms with Gasteiger partial charge in [-0.25, -0.2) is 9.03 Å². The third kappa shape index (κ3) is 4.12. The molecule has 148 valence electrons. The molecule has 0 amide bonds. The van der Waals surface area contributed by atoms with Crippen LogP contribution in [0.3, 0.4) is 0 Å². The molecule has 0 bridgehead atoms. The van der Waals surface area contributed by atoms with Gasteiger partial charge in [0.1, 0.15) is 11.4 Å². The highest BCUT2D eigenvalue weighted by Crippen LogP contribution is 2.33. The van der Waals surface area contributed by atoms with E-state index in [1.54, 1.807) is 18.2 Å². The lowest BCUT2D eigenvalue weighted by Crippen LogP contribution is -2.29. The van der Waals surface area contributed by atoms with E-state index in [4.69, 9.17) is 0 Å². The summed E-state index contributed by atoms with van der Waals surface area (Å²) in [5.74, 6) is -0.972. The maximum Gasteiger partial charge on any atom is 0.330 e. The van der Waals surface area contributed by atoms with Gasteiger partial charge in [0, 0.05) is 11.5 Å². The van der Waals surface area contributed by atoms with Gasteiger partial charge in [-0.15, -0.1) is 0 Å². The summed E-state index contributed by atoms with van der Waals surface area (Å²) in [6, 6.07) is 13.7. The largest absolute Gasteiger partial charge is 0.506 e. The third-order valence-corrected chi connectivity index (χ3v) is 5.84. The molecule has 8 heteroatoms. The second-order valence-corrected chi connectivity index (χ2v) is 8.21. The van der Waals surface area contributed by atoms with Gasteiger partial charge >= 0.3 is 10.2 Å². The number of Topliss-reactive ketones (excluding diaryl/α,β-unsaturated/α-hetero) is 1. The summed E-state index contributed by atoms with van der Waals surface area (Å²) in [4.78, 5) is 12.8. The molecule has 0 aromatic heterocycles. The van der Waals surface area contributed by atoms with E-state index in [0.29, 0.717) is 18.4 Å². The first-order chi connectivity index (χ1) is 13.3. The van der Waals surface area contributed by atoms with Crippen molar-refractivity contribution in [1.29, 1.82) is 0 Å². The number of phenols is 1. The van der Waals surface area contributed by atoms with Crippen LogP contribution in [-0.4, -0.2) is 24.4 Å². The molecule has 1 aliphatic rings. The van der Waals surface area contributed by atoms with E-state index in [2.05, 4.69) is 0 Å². The number of phenolic OH excluding ortho intramolecular Hbond substituents is 1. The summed E-state index contributed by atoms with van der Waals surface area (Å²) in [5.41, 5.74) is 1.39. The Balaban J connectivity index is 1.84. The van der Waals surface area contributed by atoms with E-state index >= 15 is 0 Å². The van der Waals surface area contributed by atoms with Crippen molar-refractivity contribution in [2.24, 2.45) is 5.92 Å². The SMILES string of the molecule is CCCC(Cc1ccc(N2C=C(O)NS2(=O)=O)c(O)c1)C(=O)c1ccccc1. The molecule has 0 aliphatic carbocycles. The van der Waals surface area contributed by atoms with E-state index in [1.165, 1.54) is 12.1 Å². The smallest absolute Gasteiger partial charge is 0.330 e. The second-order valence-electron chi connectivity index (χ2n) is 6.66. The van der Waals surface area contributed by atoms with Crippen LogP contribution in [0, 0.1) is 5.92 Å². The van der Waals surface area contributed by atoms with E-state index in [9.17, 15) is 23.4 Å². The monoisotopic (exact) mass is 402 g/mol. The first kappa shape index (κ1) is 19.8. The number of carbonyl (C=O) groups excluding carboxylic acids is 1. The summed E-state index contributed by atoms with van der Waals surface area (Å²) >= 11 is 0. The zero-order valence-electron chi connectivity index (χ0n) is 15.4. The zero-order chi connectivity index (χ0) is 20.3. The van der Waals surface area contributed by atoms with Crippen molar-refractivity contribution in [1.82, 2.24) is 4.72 Å². The van der Waals surface area contributed by atoms with Crippen LogP contribution in [0.4, 0.5) is 5.69 Å². The first-order valence-corrected chi connectivity index (χ1v) is 10.4. The predicted octanol–water partition coefficient (Wildman–Crippen LogP) is 3.25. The van der Waals surface area contributed by atoms with Crippen molar-refractivity contribution in [2.75, 3.05) is 4.31 Å². The summed E-state index contributed by atoms with van der Waals surface area (Å²) in [7, 11) is -3.98. The molecule has 2 aromatic rings. The molecule has 0 fully saturated rings.